The maximum Gasteiger partial charge on any atom is 0.294 e. The van der Waals surface area contributed by atoms with Crippen molar-refractivity contribution in [1.82, 2.24) is 0 Å². The molecule has 2 N–H and O–H groups in total. The van der Waals surface area contributed by atoms with Gasteiger partial charge in [-0.05, 0) is 79.6 Å². The Bertz CT molecular complexity index is 466. The molecule has 3 unspecified atom stereocenters. The van der Waals surface area contributed by atoms with E-state index in [1.54, 1.807) is 0 Å². The Labute approximate surface area is 145 Å². The van der Waals surface area contributed by atoms with Crippen LogP contribution >= 0.6 is 12.4 Å². The number of rotatable bonds is 6. The van der Waals surface area contributed by atoms with Crippen molar-refractivity contribution in [1.29, 1.82) is 0 Å². The fourth-order valence-corrected chi connectivity index (χ4v) is 7.67. The SMILES string of the molecule is CCC(O[N+](=O)[O-])C12CC3(C)CC(C)(CC(CCN)(C3)C1)C2.Cl. The topological polar surface area (TPSA) is 78.4 Å². The minimum atomic E-state index is -0.576. The maximum absolute atomic E-state index is 11.0. The van der Waals surface area contributed by atoms with Crippen LogP contribution in [0, 0.1) is 31.8 Å². The van der Waals surface area contributed by atoms with Crippen LogP contribution in [0.25, 0.3) is 0 Å². The molecule has 23 heavy (non-hydrogen) atoms. The van der Waals surface area contributed by atoms with Crippen molar-refractivity contribution in [2.75, 3.05) is 6.54 Å². The molecule has 0 saturated heterocycles. The molecule has 0 aromatic heterocycles. The van der Waals surface area contributed by atoms with Gasteiger partial charge in [0.1, 0.15) is 6.10 Å². The number of nitrogens with two attached hydrogens (primary N) is 1. The van der Waals surface area contributed by atoms with Gasteiger partial charge in [-0.25, -0.2) is 0 Å². The summed E-state index contributed by atoms with van der Waals surface area (Å²) < 4.78 is 0. The van der Waals surface area contributed by atoms with Crippen LogP contribution < -0.4 is 5.73 Å². The zero-order valence-corrected chi connectivity index (χ0v) is 15.4. The second kappa shape index (κ2) is 5.76. The Morgan fingerprint density at radius 1 is 1.13 bits per heavy atom. The second-order valence-corrected chi connectivity index (χ2v) is 9.31. The first-order valence-corrected chi connectivity index (χ1v) is 8.69. The highest BCUT2D eigenvalue weighted by molar-refractivity contribution is 5.85. The first-order chi connectivity index (χ1) is 10.2. The van der Waals surface area contributed by atoms with Crippen LogP contribution in [0.3, 0.4) is 0 Å². The van der Waals surface area contributed by atoms with Crippen molar-refractivity contribution >= 4 is 12.4 Å². The summed E-state index contributed by atoms with van der Waals surface area (Å²) in [6, 6.07) is 0. The summed E-state index contributed by atoms with van der Waals surface area (Å²) in [5.74, 6) is 0. The predicted molar refractivity (Wildman–Crippen MR) is 91.9 cm³/mol. The first-order valence-electron chi connectivity index (χ1n) is 8.69. The van der Waals surface area contributed by atoms with E-state index in [1.165, 1.54) is 19.3 Å². The minimum Gasteiger partial charge on any atom is -0.330 e. The highest BCUT2D eigenvalue weighted by atomic mass is 35.5. The van der Waals surface area contributed by atoms with E-state index in [2.05, 4.69) is 13.8 Å². The van der Waals surface area contributed by atoms with E-state index in [9.17, 15) is 10.1 Å². The molecule has 5 nitrogen and oxygen atoms in total. The monoisotopic (exact) mass is 346 g/mol. The Hall–Kier alpha value is -0.550. The number of hydrogen-bond acceptors (Lipinski definition) is 4. The second-order valence-electron chi connectivity index (χ2n) is 9.31. The molecule has 4 saturated carbocycles. The Balaban J connectivity index is 0.00000192. The van der Waals surface area contributed by atoms with Crippen LogP contribution in [-0.2, 0) is 4.84 Å². The minimum absolute atomic E-state index is 0. The normalized spacial score (nSPS) is 45.4. The third-order valence-corrected chi connectivity index (χ3v) is 6.68. The highest BCUT2D eigenvalue weighted by Gasteiger charge is 2.67. The Morgan fingerprint density at radius 2 is 1.70 bits per heavy atom. The quantitative estimate of drug-likeness (QED) is 0.579. The number of halogens is 1. The van der Waals surface area contributed by atoms with E-state index >= 15 is 0 Å². The van der Waals surface area contributed by atoms with Crippen molar-refractivity contribution in [3.63, 3.8) is 0 Å². The third kappa shape index (κ3) is 3.07. The van der Waals surface area contributed by atoms with E-state index < -0.39 is 5.09 Å². The summed E-state index contributed by atoms with van der Waals surface area (Å²) in [6.45, 7) is 7.52. The maximum atomic E-state index is 11.0. The Morgan fingerprint density at radius 3 is 2.13 bits per heavy atom. The van der Waals surface area contributed by atoms with Crippen LogP contribution in [0.4, 0.5) is 0 Å². The molecule has 0 amide bonds. The molecular weight excluding hydrogens is 316 g/mol. The van der Waals surface area contributed by atoms with Gasteiger partial charge < -0.3 is 10.6 Å². The van der Waals surface area contributed by atoms with Crippen molar-refractivity contribution < 1.29 is 9.92 Å². The van der Waals surface area contributed by atoms with Gasteiger partial charge in [-0.15, -0.1) is 22.5 Å². The van der Waals surface area contributed by atoms with Crippen molar-refractivity contribution in [3.05, 3.63) is 10.1 Å². The highest BCUT2D eigenvalue weighted by Crippen LogP contribution is 2.75. The lowest BCUT2D eigenvalue weighted by Crippen LogP contribution is -2.63. The van der Waals surface area contributed by atoms with Gasteiger partial charge in [-0.1, -0.05) is 20.8 Å². The summed E-state index contributed by atoms with van der Waals surface area (Å²) in [6.07, 6.45) is 8.45. The zero-order chi connectivity index (χ0) is 16.2. The number of nitrogens with zero attached hydrogens (tertiary/aromatic N) is 1. The molecule has 4 bridgehead atoms. The first kappa shape index (κ1) is 18.8. The molecule has 4 fully saturated rings. The van der Waals surface area contributed by atoms with Gasteiger partial charge in [0, 0.05) is 0 Å². The van der Waals surface area contributed by atoms with Gasteiger partial charge in [0.25, 0.3) is 5.09 Å². The lowest BCUT2D eigenvalue weighted by atomic mass is 9.34. The molecule has 3 atom stereocenters. The molecule has 0 spiro atoms. The van der Waals surface area contributed by atoms with Gasteiger partial charge in [0.2, 0.25) is 0 Å². The molecule has 0 heterocycles. The molecule has 4 aliphatic rings. The lowest BCUT2D eigenvalue weighted by molar-refractivity contribution is -0.774. The molecule has 0 radical (unpaired) electrons. The molecule has 0 aliphatic heterocycles. The van der Waals surface area contributed by atoms with E-state index in [-0.39, 0.29) is 29.3 Å². The molecule has 6 heteroatoms. The molecular formula is C17H31ClN2O3. The van der Waals surface area contributed by atoms with Gasteiger partial charge in [-0.3, -0.25) is 0 Å². The van der Waals surface area contributed by atoms with E-state index in [0.29, 0.717) is 17.3 Å². The van der Waals surface area contributed by atoms with Crippen LogP contribution in [0.2, 0.25) is 0 Å². The lowest BCUT2D eigenvalue weighted by Gasteiger charge is -2.71. The fourth-order valence-electron chi connectivity index (χ4n) is 7.67. The molecule has 4 rings (SSSR count). The summed E-state index contributed by atoms with van der Waals surface area (Å²) >= 11 is 0. The van der Waals surface area contributed by atoms with Crippen LogP contribution in [-0.4, -0.2) is 17.7 Å². The summed E-state index contributed by atoms with van der Waals surface area (Å²) in [4.78, 5) is 16.2. The van der Waals surface area contributed by atoms with E-state index in [4.69, 9.17) is 10.6 Å². The standard InChI is InChI=1S/C17H30N2O3.ClH/c1-4-13(22-19(20)21)17-10-14(2)7-15(3,11-17)9-16(8-14,12-17)5-6-18;/h13H,4-12,18H2,1-3H3;1H. The van der Waals surface area contributed by atoms with Crippen molar-refractivity contribution in [2.45, 2.75) is 78.2 Å². The van der Waals surface area contributed by atoms with E-state index in [1.807, 2.05) is 6.92 Å². The predicted octanol–water partition coefficient (Wildman–Crippen LogP) is 4.11. The van der Waals surface area contributed by atoms with E-state index in [0.717, 1.165) is 32.2 Å². The third-order valence-electron chi connectivity index (χ3n) is 6.68. The molecule has 134 valence electrons. The summed E-state index contributed by atoms with van der Waals surface area (Å²) in [5.41, 5.74) is 6.77. The van der Waals surface area contributed by atoms with Crippen LogP contribution in [0.1, 0.15) is 72.1 Å². The van der Waals surface area contributed by atoms with Gasteiger partial charge in [0.05, 0.1) is 0 Å². The van der Waals surface area contributed by atoms with Crippen molar-refractivity contribution in [2.24, 2.45) is 27.4 Å². The number of hydrogen-bond donors (Lipinski definition) is 1. The Kier molecular flexibility index (Phi) is 4.71. The largest absolute Gasteiger partial charge is 0.330 e. The summed E-state index contributed by atoms with van der Waals surface area (Å²) in [5, 5.41) is 10.4. The average Bonchev–Trinajstić information content (AvgIpc) is 2.30. The van der Waals surface area contributed by atoms with Gasteiger partial charge in [0.15, 0.2) is 0 Å². The smallest absolute Gasteiger partial charge is 0.294 e. The van der Waals surface area contributed by atoms with Crippen LogP contribution in [0.5, 0.6) is 0 Å². The molecule has 0 aromatic carbocycles. The zero-order valence-electron chi connectivity index (χ0n) is 14.6. The van der Waals surface area contributed by atoms with Gasteiger partial charge in [-0.2, -0.15) is 0 Å². The van der Waals surface area contributed by atoms with Gasteiger partial charge >= 0.3 is 0 Å². The van der Waals surface area contributed by atoms with Crippen LogP contribution in [0.15, 0.2) is 0 Å². The fraction of sp³-hybridized carbons (Fsp3) is 1.00. The molecule has 4 aliphatic carbocycles. The average molecular weight is 347 g/mol. The van der Waals surface area contributed by atoms with Crippen molar-refractivity contribution in [3.8, 4) is 0 Å². The summed E-state index contributed by atoms with van der Waals surface area (Å²) in [7, 11) is 0. The molecule has 0 aromatic rings.